The Hall–Kier alpha value is -0.950. The Labute approximate surface area is 150 Å². The molecule has 0 spiro atoms. The maximum absolute atomic E-state index is 8.76. The summed E-state index contributed by atoms with van der Waals surface area (Å²) in [4.78, 5) is 2.23. The van der Waals surface area contributed by atoms with Gasteiger partial charge in [0.1, 0.15) is 5.75 Å². The molecule has 0 unspecified atom stereocenters. The number of nitrogens with one attached hydrogen (secondary N) is 1. The monoisotopic (exact) mass is 418 g/mol. The van der Waals surface area contributed by atoms with E-state index >= 15 is 0 Å². The normalized spacial score (nSPS) is 13.0. The number of likely N-dealkylation sites (N-methyl/N-ethyl adjacent to an activating group) is 1. The second kappa shape index (κ2) is 9.94. The highest BCUT2D eigenvalue weighted by molar-refractivity contribution is 14.0. The van der Waals surface area contributed by atoms with E-state index in [1.165, 1.54) is 16.9 Å². The van der Waals surface area contributed by atoms with Gasteiger partial charge in [-0.1, -0.05) is 12.8 Å². The van der Waals surface area contributed by atoms with Crippen molar-refractivity contribution in [3.63, 3.8) is 0 Å². The van der Waals surface area contributed by atoms with Crippen LogP contribution in [0.3, 0.4) is 0 Å². The van der Waals surface area contributed by atoms with E-state index in [1.807, 2.05) is 6.07 Å². The van der Waals surface area contributed by atoms with E-state index in [4.69, 9.17) is 9.84 Å². The van der Waals surface area contributed by atoms with Gasteiger partial charge in [-0.15, -0.1) is 24.0 Å². The van der Waals surface area contributed by atoms with Crippen molar-refractivity contribution in [1.29, 1.82) is 0 Å². The zero-order valence-electron chi connectivity index (χ0n) is 13.5. The summed E-state index contributed by atoms with van der Waals surface area (Å²) >= 11 is 0. The van der Waals surface area contributed by atoms with Crippen molar-refractivity contribution in [2.75, 3.05) is 38.8 Å². The highest BCUT2D eigenvalue weighted by atomic mass is 127. The van der Waals surface area contributed by atoms with Crippen LogP contribution in [0.2, 0.25) is 0 Å². The van der Waals surface area contributed by atoms with Gasteiger partial charge in [-0.05, 0) is 31.1 Å². The molecule has 0 saturated carbocycles. The molecule has 1 aliphatic heterocycles. The number of ether oxygens (including phenoxy) is 1. The van der Waals surface area contributed by atoms with Gasteiger partial charge in [-0.2, -0.15) is 0 Å². The lowest BCUT2D eigenvalue weighted by Crippen LogP contribution is -2.26. The van der Waals surface area contributed by atoms with Crippen LogP contribution < -0.4 is 15.0 Å². The van der Waals surface area contributed by atoms with Crippen molar-refractivity contribution in [3.8, 4) is 5.75 Å². The average Bonchev–Trinajstić information content (AvgIpc) is 2.52. The Kier molecular flexibility index (Phi) is 8.63. The fourth-order valence-electron chi connectivity index (χ4n) is 2.60. The van der Waals surface area contributed by atoms with Crippen molar-refractivity contribution in [3.05, 3.63) is 29.8 Å². The van der Waals surface area contributed by atoms with Gasteiger partial charge in [0, 0.05) is 49.8 Å². The second-order valence-electron chi connectivity index (χ2n) is 5.45. The standard InChI is InChI=1S/C17H26N2O2.HI/c1-19-11-9-16(18-10-5-3-4-6-12-20)15-8-7-14(21-2)13-17(15)19;/h7-9,13,18,20H,3-6,10-12H2,1-2H3;1H. The number of aliphatic hydroxyl groups is 1. The van der Waals surface area contributed by atoms with Gasteiger partial charge >= 0.3 is 0 Å². The Morgan fingerprint density at radius 3 is 2.73 bits per heavy atom. The number of methoxy groups -OCH3 is 1. The van der Waals surface area contributed by atoms with Crippen LogP contribution in [0.1, 0.15) is 31.2 Å². The molecule has 1 aliphatic rings. The predicted molar refractivity (Wildman–Crippen MR) is 103 cm³/mol. The van der Waals surface area contributed by atoms with Gasteiger partial charge in [0.15, 0.2) is 0 Å². The molecule has 0 aliphatic carbocycles. The van der Waals surface area contributed by atoms with E-state index in [0.717, 1.165) is 44.5 Å². The molecule has 0 fully saturated rings. The van der Waals surface area contributed by atoms with Crippen LogP contribution in [0.4, 0.5) is 5.69 Å². The Balaban J connectivity index is 0.00000242. The maximum atomic E-state index is 8.76. The minimum Gasteiger partial charge on any atom is -0.497 e. The number of halogens is 1. The zero-order chi connectivity index (χ0) is 15.1. The van der Waals surface area contributed by atoms with E-state index in [-0.39, 0.29) is 24.0 Å². The summed E-state index contributed by atoms with van der Waals surface area (Å²) in [5, 5.41) is 12.3. The molecular formula is C17H27IN2O2. The number of nitrogens with zero attached hydrogens (tertiary/aromatic N) is 1. The van der Waals surface area contributed by atoms with Crippen LogP contribution in [0, 0.1) is 0 Å². The minimum absolute atomic E-state index is 0. The zero-order valence-corrected chi connectivity index (χ0v) is 15.8. The number of hydrogen-bond acceptors (Lipinski definition) is 4. The number of anilines is 1. The van der Waals surface area contributed by atoms with E-state index < -0.39 is 0 Å². The first-order valence-corrected chi connectivity index (χ1v) is 7.70. The molecule has 22 heavy (non-hydrogen) atoms. The quantitative estimate of drug-likeness (QED) is 0.503. The minimum atomic E-state index is 0. The molecule has 0 atom stereocenters. The fraction of sp³-hybridized carbons (Fsp3) is 0.529. The van der Waals surface area contributed by atoms with Crippen LogP contribution in [0.5, 0.6) is 5.75 Å². The van der Waals surface area contributed by atoms with E-state index in [9.17, 15) is 0 Å². The van der Waals surface area contributed by atoms with Crippen molar-refractivity contribution in [2.24, 2.45) is 0 Å². The molecular weight excluding hydrogens is 391 g/mol. The molecule has 1 heterocycles. The van der Waals surface area contributed by atoms with Gasteiger partial charge in [0.25, 0.3) is 0 Å². The summed E-state index contributed by atoms with van der Waals surface area (Å²) < 4.78 is 5.31. The number of unbranched alkanes of at least 4 members (excludes halogenated alkanes) is 3. The van der Waals surface area contributed by atoms with E-state index in [0.29, 0.717) is 6.61 Å². The highest BCUT2D eigenvalue weighted by Gasteiger charge is 2.16. The summed E-state index contributed by atoms with van der Waals surface area (Å²) in [5.74, 6) is 0.894. The summed E-state index contributed by atoms with van der Waals surface area (Å²) in [6, 6.07) is 6.22. The lowest BCUT2D eigenvalue weighted by molar-refractivity contribution is 0.282. The number of hydrogen-bond donors (Lipinski definition) is 2. The topological polar surface area (TPSA) is 44.7 Å². The van der Waals surface area contributed by atoms with Gasteiger partial charge in [0.2, 0.25) is 0 Å². The summed E-state index contributed by atoms with van der Waals surface area (Å²) in [7, 11) is 3.80. The smallest absolute Gasteiger partial charge is 0.120 e. The molecule has 0 saturated heterocycles. The molecule has 1 aromatic carbocycles. The Morgan fingerprint density at radius 2 is 2.00 bits per heavy atom. The SMILES string of the molecule is COc1ccc2c(c1)N(C)CC=C2NCCCCCCO.I. The third kappa shape index (κ3) is 5.05. The molecule has 1 aromatic rings. The van der Waals surface area contributed by atoms with Gasteiger partial charge in [-0.3, -0.25) is 0 Å². The van der Waals surface area contributed by atoms with Crippen LogP contribution in [0.25, 0.3) is 5.70 Å². The van der Waals surface area contributed by atoms with Crippen LogP contribution >= 0.6 is 24.0 Å². The van der Waals surface area contributed by atoms with Crippen LogP contribution in [-0.4, -0.2) is 39.0 Å². The Morgan fingerprint density at radius 1 is 1.23 bits per heavy atom. The molecule has 0 aromatic heterocycles. The largest absolute Gasteiger partial charge is 0.497 e. The molecule has 5 heteroatoms. The lowest BCUT2D eigenvalue weighted by atomic mass is 10.0. The third-order valence-corrected chi connectivity index (χ3v) is 3.88. The first kappa shape index (κ1) is 19.1. The number of fused-ring (bicyclic) bond motifs is 1. The van der Waals surface area contributed by atoms with Crippen molar-refractivity contribution in [1.82, 2.24) is 5.32 Å². The van der Waals surface area contributed by atoms with Crippen molar-refractivity contribution >= 4 is 35.4 Å². The Bertz CT molecular complexity index is 492. The highest BCUT2D eigenvalue weighted by Crippen LogP contribution is 2.32. The molecule has 2 N–H and O–H groups in total. The molecule has 0 radical (unpaired) electrons. The van der Waals surface area contributed by atoms with Gasteiger partial charge < -0.3 is 20.1 Å². The number of rotatable bonds is 8. The number of aliphatic hydroxyl groups excluding tert-OH is 1. The average molecular weight is 418 g/mol. The summed E-state index contributed by atoms with van der Waals surface area (Å²) in [6.07, 6.45) is 6.56. The predicted octanol–water partition coefficient (Wildman–Crippen LogP) is 3.25. The number of benzene rings is 1. The molecule has 0 amide bonds. The third-order valence-electron chi connectivity index (χ3n) is 3.88. The molecule has 4 nitrogen and oxygen atoms in total. The maximum Gasteiger partial charge on any atom is 0.120 e. The molecule has 0 bridgehead atoms. The summed E-state index contributed by atoms with van der Waals surface area (Å²) in [6.45, 7) is 2.19. The van der Waals surface area contributed by atoms with Crippen molar-refractivity contribution in [2.45, 2.75) is 25.7 Å². The first-order chi connectivity index (χ1) is 10.3. The lowest BCUT2D eigenvalue weighted by Gasteiger charge is -2.28. The van der Waals surface area contributed by atoms with Crippen LogP contribution in [-0.2, 0) is 0 Å². The summed E-state index contributed by atoms with van der Waals surface area (Å²) in [5.41, 5.74) is 3.66. The van der Waals surface area contributed by atoms with Crippen molar-refractivity contribution < 1.29 is 9.84 Å². The van der Waals surface area contributed by atoms with E-state index in [2.05, 4.69) is 35.5 Å². The van der Waals surface area contributed by atoms with Gasteiger partial charge in [0.05, 0.1) is 7.11 Å². The fourth-order valence-corrected chi connectivity index (χ4v) is 2.60. The van der Waals surface area contributed by atoms with Crippen LogP contribution in [0.15, 0.2) is 24.3 Å². The molecule has 124 valence electrons. The molecule has 2 rings (SSSR count). The second-order valence-corrected chi connectivity index (χ2v) is 5.45. The van der Waals surface area contributed by atoms with E-state index in [1.54, 1.807) is 7.11 Å². The first-order valence-electron chi connectivity index (χ1n) is 7.70. The van der Waals surface area contributed by atoms with Gasteiger partial charge in [-0.25, -0.2) is 0 Å².